The Labute approximate surface area is 283 Å². The van der Waals surface area contributed by atoms with E-state index in [0.29, 0.717) is 51.3 Å². The summed E-state index contributed by atoms with van der Waals surface area (Å²) in [7, 11) is 1.32. The lowest BCUT2D eigenvalue weighted by atomic mass is 10.0. The number of carbonyl (C=O) groups is 4. The second-order valence-electron chi connectivity index (χ2n) is 12.1. The van der Waals surface area contributed by atoms with Crippen molar-refractivity contribution >= 4 is 46.4 Å². The van der Waals surface area contributed by atoms with Crippen molar-refractivity contribution in [3.63, 3.8) is 0 Å². The molecule has 0 radical (unpaired) electrons. The summed E-state index contributed by atoms with van der Waals surface area (Å²) in [6.45, 7) is 5.63. The quantitative estimate of drug-likeness (QED) is 0.161. The predicted octanol–water partition coefficient (Wildman–Crippen LogP) is 5.69. The fourth-order valence-corrected chi connectivity index (χ4v) is 5.45. The van der Waals surface area contributed by atoms with Gasteiger partial charge in [0.25, 0.3) is 11.8 Å². The number of aromatic nitrogens is 2. The number of nitrogens with zero attached hydrogens (tertiary/aromatic N) is 3. The SMILES string of the molecule is COC(=O)[C@@H]1CCCCN1C(=O)c1ccc(C#Cc2ccc(-c3cc(C(=O)NNC(=O)OC(C)(C)C)c4cnccc4n3)cc2)c(Cl)c1. The number of carbonyl (C=O) groups excluding carboxylic acids is 4. The Hall–Kier alpha value is -5.47. The summed E-state index contributed by atoms with van der Waals surface area (Å²) in [6, 6.07) is 14.9. The molecule has 1 atom stereocenters. The predicted molar refractivity (Wildman–Crippen MR) is 180 cm³/mol. The lowest BCUT2D eigenvalue weighted by molar-refractivity contribution is -0.147. The van der Waals surface area contributed by atoms with Gasteiger partial charge >= 0.3 is 12.1 Å². The molecule has 5 rings (SSSR count). The number of esters is 1. The number of nitrogens with one attached hydrogen (secondary N) is 2. The number of halogens is 1. The maximum Gasteiger partial charge on any atom is 0.426 e. The largest absolute Gasteiger partial charge is 0.467 e. The molecule has 2 aromatic heterocycles. The summed E-state index contributed by atoms with van der Waals surface area (Å²) in [5, 5.41) is 0.828. The fraction of sp³-hybridized carbons (Fsp3) is 0.278. The molecule has 0 spiro atoms. The minimum absolute atomic E-state index is 0.265. The van der Waals surface area contributed by atoms with E-state index >= 15 is 0 Å². The van der Waals surface area contributed by atoms with Gasteiger partial charge in [0.2, 0.25) is 0 Å². The molecule has 1 fully saturated rings. The molecule has 1 saturated heterocycles. The molecule has 0 aliphatic carbocycles. The highest BCUT2D eigenvalue weighted by atomic mass is 35.5. The van der Waals surface area contributed by atoms with E-state index in [-0.39, 0.29) is 11.5 Å². The van der Waals surface area contributed by atoms with Crippen LogP contribution in [0.15, 0.2) is 67.0 Å². The van der Waals surface area contributed by atoms with Gasteiger partial charge in [-0.1, -0.05) is 35.6 Å². The third-order valence-electron chi connectivity index (χ3n) is 7.51. The molecule has 2 N–H and O–H groups in total. The monoisotopic (exact) mass is 667 g/mol. The van der Waals surface area contributed by atoms with E-state index in [9.17, 15) is 19.2 Å². The van der Waals surface area contributed by atoms with Crippen molar-refractivity contribution < 1.29 is 28.7 Å². The normalized spacial score (nSPS) is 14.4. The van der Waals surface area contributed by atoms with Crippen LogP contribution in [0.5, 0.6) is 0 Å². The molecule has 4 aromatic rings. The van der Waals surface area contributed by atoms with Crippen molar-refractivity contribution in [2.24, 2.45) is 0 Å². The number of methoxy groups -OCH3 is 1. The fourth-order valence-electron chi connectivity index (χ4n) is 5.22. The summed E-state index contributed by atoms with van der Waals surface area (Å²) in [4.78, 5) is 61.0. The Balaban J connectivity index is 1.32. The van der Waals surface area contributed by atoms with E-state index in [2.05, 4.69) is 27.7 Å². The summed E-state index contributed by atoms with van der Waals surface area (Å²) >= 11 is 6.53. The zero-order chi connectivity index (χ0) is 34.4. The van der Waals surface area contributed by atoms with Crippen LogP contribution in [-0.4, -0.2) is 64.0 Å². The second-order valence-corrected chi connectivity index (χ2v) is 12.5. The highest BCUT2D eigenvalue weighted by Gasteiger charge is 2.33. The number of hydrogen-bond donors (Lipinski definition) is 2. The Kier molecular flexibility index (Phi) is 10.3. The molecule has 3 heterocycles. The Bertz CT molecular complexity index is 1940. The number of fused-ring (bicyclic) bond motifs is 1. The van der Waals surface area contributed by atoms with Gasteiger partial charge in [0, 0.05) is 46.6 Å². The molecule has 11 nitrogen and oxygen atoms in total. The van der Waals surface area contributed by atoms with Gasteiger partial charge in [-0.3, -0.25) is 20.0 Å². The van der Waals surface area contributed by atoms with Gasteiger partial charge in [0.05, 0.1) is 28.9 Å². The van der Waals surface area contributed by atoms with E-state index in [1.165, 1.54) is 13.3 Å². The molecule has 3 amide bonds. The van der Waals surface area contributed by atoms with Crippen LogP contribution in [0, 0.1) is 11.8 Å². The Morgan fingerprint density at radius 3 is 2.46 bits per heavy atom. The lowest BCUT2D eigenvalue weighted by Crippen LogP contribution is -2.48. The first-order valence-corrected chi connectivity index (χ1v) is 15.7. The van der Waals surface area contributed by atoms with Crippen molar-refractivity contribution in [3.05, 3.63) is 94.3 Å². The number of hydrazine groups is 1. The van der Waals surface area contributed by atoms with Gasteiger partial charge in [-0.05, 0) is 82.5 Å². The standard InChI is InChI=1S/C36H34ClN5O6/c1-36(2,3)48-35(46)41-40-32(43)26-20-30(39-29-16-17-38-21-27(26)29)24-12-9-22(10-13-24)8-11-23-14-15-25(19-28(23)37)33(44)42-18-6-5-7-31(42)34(45)47-4/h9-10,12-17,19-21,31H,5-7,18H2,1-4H3,(H,40,43)(H,41,46)/t31-/m0/s1. The van der Waals surface area contributed by atoms with Crippen LogP contribution >= 0.6 is 11.6 Å². The van der Waals surface area contributed by atoms with E-state index < -0.39 is 29.6 Å². The topological polar surface area (TPSA) is 140 Å². The van der Waals surface area contributed by atoms with Gasteiger partial charge in [-0.15, -0.1) is 0 Å². The van der Waals surface area contributed by atoms with E-state index in [1.807, 2.05) is 24.3 Å². The van der Waals surface area contributed by atoms with E-state index in [4.69, 9.17) is 26.1 Å². The molecule has 0 saturated carbocycles. The Morgan fingerprint density at radius 1 is 0.979 bits per heavy atom. The molecular weight excluding hydrogens is 634 g/mol. The van der Waals surface area contributed by atoms with Gasteiger partial charge in [0.15, 0.2) is 0 Å². The number of piperidine rings is 1. The highest BCUT2D eigenvalue weighted by Crippen LogP contribution is 2.26. The molecule has 0 bridgehead atoms. The molecule has 48 heavy (non-hydrogen) atoms. The number of benzene rings is 2. The smallest absolute Gasteiger partial charge is 0.426 e. The van der Waals surface area contributed by atoms with Crippen LogP contribution < -0.4 is 10.9 Å². The van der Waals surface area contributed by atoms with E-state index in [1.54, 1.807) is 62.2 Å². The summed E-state index contributed by atoms with van der Waals surface area (Å²) in [5.74, 6) is 4.88. The second kappa shape index (κ2) is 14.5. The van der Waals surface area contributed by atoms with E-state index in [0.717, 1.165) is 18.4 Å². The van der Waals surface area contributed by atoms with Gasteiger partial charge in [0.1, 0.15) is 11.6 Å². The molecule has 1 aliphatic heterocycles. The minimum atomic E-state index is -0.791. The molecule has 12 heteroatoms. The van der Waals surface area contributed by atoms with Gasteiger partial charge < -0.3 is 14.4 Å². The van der Waals surface area contributed by atoms with Crippen LogP contribution in [0.2, 0.25) is 5.02 Å². The average Bonchev–Trinajstić information content (AvgIpc) is 3.08. The van der Waals surface area contributed by atoms with Gasteiger partial charge in [-0.25, -0.2) is 20.0 Å². The molecule has 0 unspecified atom stereocenters. The van der Waals surface area contributed by atoms with Crippen LogP contribution in [-0.2, 0) is 14.3 Å². The molecule has 2 aromatic carbocycles. The number of likely N-dealkylation sites (tertiary alicyclic amines) is 1. The zero-order valence-corrected chi connectivity index (χ0v) is 27.7. The average molecular weight is 668 g/mol. The highest BCUT2D eigenvalue weighted by molar-refractivity contribution is 6.32. The molecular formula is C36H34ClN5O6. The number of ether oxygens (including phenoxy) is 2. The first-order valence-electron chi connectivity index (χ1n) is 15.3. The van der Waals surface area contributed by atoms with Crippen molar-refractivity contribution in [2.45, 2.75) is 51.7 Å². The first kappa shape index (κ1) is 33.9. The number of hydrogen-bond acceptors (Lipinski definition) is 8. The summed E-state index contributed by atoms with van der Waals surface area (Å²) < 4.78 is 10.1. The Morgan fingerprint density at radius 2 is 1.75 bits per heavy atom. The first-order chi connectivity index (χ1) is 22.9. The molecule has 246 valence electrons. The zero-order valence-electron chi connectivity index (χ0n) is 26.9. The van der Waals surface area contributed by atoms with Crippen LogP contribution in [0.3, 0.4) is 0 Å². The van der Waals surface area contributed by atoms with Crippen molar-refractivity contribution in [1.29, 1.82) is 0 Å². The maximum absolute atomic E-state index is 13.2. The molecule has 1 aliphatic rings. The van der Waals surface area contributed by atoms with Crippen LogP contribution in [0.25, 0.3) is 22.2 Å². The number of pyridine rings is 2. The van der Waals surface area contributed by atoms with Crippen LogP contribution in [0.1, 0.15) is 71.9 Å². The van der Waals surface area contributed by atoms with Crippen molar-refractivity contribution in [3.8, 4) is 23.1 Å². The van der Waals surface area contributed by atoms with Gasteiger partial charge in [-0.2, -0.15) is 0 Å². The van der Waals surface area contributed by atoms with Crippen LogP contribution in [0.4, 0.5) is 4.79 Å². The number of amides is 3. The number of rotatable bonds is 4. The lowest BCUT2D eigenvalue weighted by Gasteiger charge is -2.33. The minimum Gasteiger partial charge on any atom is -0.467 e. The third kappa shape index (κ3) is 8.08. The van der Waals surface area contributed by atoms with Crippen molar-refractivity contribution in [1.82, 2.24) is 25.7 Å². The maximum atomic E-state index is 13.2. The third-order valence-corrected chi connectivity index (χ3v) is 7.82. The summed E-state index contributed by atoms with van der Waals surface area (Å²) in [5.41, 5.74) is 7.62. The summed E-state index contributed by atoms with van der Waals surface area (Å²) in [6.07, 6.45) is 4.55. The van der Waals surface area contributed by atoms with Crippen molar-refractivity contribution in [2.75, 3.05) is 13.7 Å².